The highest BCUT2D eigenvalue weighted by Gasteiger charge is 2.33. The number of aromatic nitrogens is 2. The van der Waals surface area contributed by atoms with Gasteiger partial charge >= 0.3 is 0 Å². The Labute approximate surface area is 117 Å². The smallest absolute Gasteiger partial charge is 0.189 e. The third-order valence-corrected chi connectivity index (χ3v) is 4.31. The zero-order valence-corrected chi connectivity index (χ0v) is 12.4. The number of rotatable bonds is 4. The number of aliphatic hydroxyl groups is 2. The number of aliphatic hydroxyl groups excluding tert-OH is 2. The zero-order valence-electron chi connectivity index (χ0n) is 11.6. The number of hydrogen-bond donors (Lipinski definition) is 3. The minimum Gasteiger partial charge on any atom is -0.396 e. The van der Waals surface area contributed by atoms with Gasteiger partial charge in [0.15, 0.2) is 5.16 Å². The molecule has 1 aliphatic rings. The molecule has 3 atom stereocenters. The third kappa shape index (κ3) is 3.19. The standard InChI is InChI=1S/C13H21N3O2S/c1-7-8(2)14-13(19-3)16-12(7)15-10-4-9(6-17)5-11(10)18/h9-11,17-18H,4-6H2,1-3H3,(H,14,15,16). The summed E-state index contributed by atoms with van der Waals surface area (Å²) in [5, 5.41) is 23.2. The molecule has 0 spiro atoms. The van der Waals surface area contributed by atoms with Gasteiger partial charge in [0.25, 0.3) is 0 Å². The van der Waals surface area contributed by atoms with E-state index in [9.17, 15) is 10.2 Å². The van der Waals surface area contributed by atoms with Gasteiger partial charge in [-0.1, -0.05) is 11.8 Å². The van der Waals surface area contributed by atoms with Crippen molar-refractivity contribution < 1.29 is 10.2 Å². The molecule has 19 heavy (non-hydrogen) atoms. The fraction of sp³-hybridized carbons (Fsp3) is 0.692. The van der Waals surface area contributed by atoms with E-state index in [-0.39, 0.29) is 18.6 Å². The molecule has 1 aliphatic carbocycles. The fourth-order valence-corrected chi connectivity index (χ4v) is 2.84. The van der Waals surface area contributed by atoms with Gasteiger partial charge in [-0.2, -0.15) is 0 Å². The molecular formula is C13H21N3O2S. The molecule has 0 amide bonds. The molecule has 1 aromatic heterocycles. The molecule has 1 aromatic rings. The normalized spacial score (nSPS) is 26.7. The Morgan fingerprint density at radius 3 is 2.63 bits per heavy atom. The zero-order chi connectivity index (χ0) is 14.0. The van der Waals surface area contributed by atoms with Crippen LogP contribution in [0.1, 0.15) is 24.1 Å². The average molecular weight is 283 g/mol. The van der Waals surface area contributed by atoms with E-state index < -0.39 is 6.10 Å². The average Bonchev–Trinajstić information content (AvgIpc) is 2.75. The summed E-state index contributed by atoms with van der Waals surface area (Å²) >= 11 is 1.50. The lowest BCUT2D eigenvalue weighted by molar-refractivity contribution is 0.157. The van der Waals surface area contributed by atoms with E-state index in [4.69, 9.17) is 0 Å². The van der Waals surface area contributed by atoms with Crippen LogP contribution in [0, 0.1) is 19.8 Å². The summed E-state index contributed by atoms with van der Waals surface area (Å²) in [7, 11) is 0. The van der Waals surface area contributed by atoms with E-state index in [1.54, 1.807) is 0 Å². The van der Waals surface area contributed by atoms with Crippen LogP contribution in [0.25, 0.3) is 0 Å². The topological polar surface area (TPSA) is 78.3 Å². The molecule has 6 heteroatoms. The maximum atomic E-state index is 10.0. The van der Waals surface area contributed by atoms with E-state index in [1.807, 2.05) is 20.1 Å². The summed E-state index contributed by atoms with van der Waals surface area (Å²) in [5.74, 6) is 0.968. The van der Waals surface area contributed by atoms with Crippen molar-refractivity contribution in [2.75, 3.05) is 18.2 Å². The first-order chi connectivity index (χ1) is 9.05. The second-order valence-corrected chi connectivity index (χ2v) is 5.88. The van der Waals surface area contributed by atoms with Crippen molar-refractivity contribution in [3.8, 4) is 0 Å². The minimum absolute atomic E-state index is 0.0418. The molecule has 1 fully saturated rings. The van der Waals surface area contributed by atoms with Crippen LogP contribution in [0.4, 0.5) is 5.82 Å². The monoisotopic (exact) mass is 283 g/mol. The Morgan fingerprint density at radius 1 is 1.32 bits per heavy atom. The van der Waals surface area contributed by atoms with Crippen molar-refractivity contribution in [3.63, 3.8) is 0 Å². The molecule has 1 saturated carbocycles. The number of hydrogen-bond acceptors (Lipinski definition) is 6. The Kier molecular flexibility index (Phi) is 4.65. The molecule has 3 unspecified atom stereocenters. The summed E-state index contributed by atoms with van der Waals surface area (Å²) in [6.45, 7) is 4.07. The van der Waals surface area contributed by atoms with Gasteiger partial charge in [-0.3, -0.25) is 0 Å². The SMILES string of the molecule is CSc1nc(C)c(C)c(NC2CC(CO)CC2O)n1. The molecule has 0 aliphatic heterocycles. The van der Waals surface area contributed by atoms with Crippen LogP contribution in [-0.4, -0.2) is 45.2 Å². The molecule has 0 radical (unpaired) electrons. The first kappa shape index (κ1) is 14.6. The fourth-order valence-electron chi connectivity index (χ4n) is 2.43. The lowest BCUT2D eigenvalue weighted by Crippen LogP contribution is -2.29. The highest BCUT2D eigenvalue weighted by molar-refractivity contribution is 7.98. The second-order valence-electron chi connectivity index (χ2n) is 5.11. The number of thioether (sulfide) groups is 1. The molecule has 0 saturated heterocycles. The van der Waals surface area contributed by atoms with Crippen molar-refractivity contribution in [2.45, 2.75) is 44.0 Å². The maximum Gasteiger partial charge on any atom is 0.189 e. The predicted molar refractivity (Wildman–Crippen MR) is 76.5 cm³/mol. The lowest BCUT2D eigenvalue weighted by Gasteiger charge is -2.19. The number of nitrogens with zero attached hydrogens (tertiary/aromatic N) is 2. The summed E-state index contributed by atoms with van der Waals surface area (Å²) < 4.78 is 0. The Balaban J connectivity index is 2.17. The van der Waals surface area contributed by atoms with Gasteiger partial charge in [0, 0.05) is 17.9 Å². The van der Waals surface area contributed by atoms with Crippen LogP contribution in [0.3, 0.4) is 0 Å². The molecule has 3 N–H and O–H groups in total. The molecule has 2 rings (SSSR count). The lowest BCUT2D eigenvalue weighted by atomic mass is 10.1. The number of aryl methyl sites for hydroxylation is 1. The second kappa shape index (κ2) is 6.07. The third-order valence-electron chi connectivity index (χ3n) is 3.76. The molecular weight excluding hydrogens is 262 g/mol. The molecule has 1 heterocycles. The van der Waals surface area contributed by atoms with Crippen LogP contribution in [0.15, 0.2) is 5.16 Å². The van der Waals surface area contributed by atoms with E-state index in [0.29, 0.717) is 6.42 Å². The van der Waals surface area contributed by atoms with E-state index in [2.05, 4.69) is 15.3 Å². The van der Waals surface area contributed by atoms with Crippen LogP contribution >= 0.6 is 11.8 Å². The minimum atomic E-state index is -0.426. The summed E-state index contributed by atoms with van der Waals surface area (Å²) in [5.41, 5.74) is 1.96. The van der Waals surface area contributed by atoms with Gasteiger partial charge in [0.1, 0.15) is 5.82 Å². The van der Waals surface area contributed by atoms with Gasteiger partial charge in [-0.25, -0.2) is 9.97 Å². The number of nitrogens with one attached hydrogen (secondary N) is 1. The van der Waals surface area contributed by atoms with Crippen molar-refractivity contribution in [1.29, 1.82) is 0 Å². The van der Waals surface area contributed by atoms with E-state index in [1.165, 1.54) is 11.8 Å². The molecule has 106 valence electrons. The van der Waals surface area contributed by atoms with Crippen molar-refractivity contribution in [1.82, 2.24) is 9.97 Å². The van der Waals surface area contributed by atoms with E-state index >= 15 is 0 Å². The van der Waals surface area contributed by atoms with Crippen molar-refractivity contribution >= 4 is 17.6 Å². The Morgan fingerprint density at radius 2 is 2.05 bits per heavy atom. The summed E-state index contributed by atoms with van der Waals surface area (Å²) in [6.07, 6.45) is 2.94. The number of anilines is 1. The predicted octanol–water partition coefficient (Wildman–Crippen LogP) is 1.36. The Bertz CT molecular complexity index is 456. The van der Waals surface area contributed by atoms with Gasteiger partial charge in [0.2, 0.25) is 0 Å². The van der Waals surface area contributed by atoms with Gasteiger partial charge in [-0.15, -0.1) is 0 Å². The molecule has 5 nitrogen and oxygen atoms in total. The largest absolute Gasteiger partial charge is 0.396 e. The highest BCUT2D eigenvalue weighted by atomic mass is 32.2. The summed E-state index contributed by atoms with van der Waals surface area (Å²) in [6, 6.07) is -0.0418. The van der Waals surface area contributed by atoms with Crippen LogP contribution in [0.5, 0.6) is 0 Å². The maximum absolute atomic E-state index is 10.0. The van der Waals surface area contributed by atoms with Gasteiger partial charge < -0.3 is 15.5 Å². The summed E-state index contributed by atoms with van der Waals surface area (Å²) in [4.78, 5) is 8.85. The first-order valence-corrected chi connectivity index (χ1v) is 7.72. The quantitative estimate of drug-likeness (QED) is 0.572. The van der Waals surface area contributed by atoms with Crippen LogP contribution < -0.4 is 5.32 Å². The van der Waals surface area contributed by atoms with Gasteiger partial charge in [0.05, 0.1) is 12.1 Å². The van der Waals surface area contributed by atoms with Crippen LogP contribution in [-0.2, 0) is 0 Å². The van der Waals surface area contributed by atoms with Crippen molar-refractivity contribution in [3.05, 3.63) is 11.3 Å². The molecule has 0 aromatic carbocycles. The first-order valence-electron chi connectivity index (χ1n) is 6.49. The molecule has 0 bridgehead atoms. The Hall–Kier alpha value is -0.850. The van der Waals surface area contributed by atoms with E-state index in [0.717, 1.165) is 28.7 Å². The van der Waals surface area contributed by atoms with Crippen molar-refractivity contribution in [2.24, 2.45) is 5.92 Å². The highest BCUT2D eigenvalue weighted by Crippen LogP contribution is 2.29. The van der Waals surface area contributed by atoms with Gasteiger partial charge in [-0.05, 0) is 38.9 Å². The van der Waals surface area contributed by atoms with Crippen LogP contribution in [0.2, 0.25) is 0 Å².